The number of aromatic nitrogens is 4. The number of benzene rings is 4. The molecule has 0 radical (unpaired) electrons. The van der Waals surface area contributed by atoms with E-state index in [2.05, 4.69) is 140 Å². The van der Waals surface area contributed by atoms with Crippen molar-refractivity contribution < 1.29 is 51.0 Å². The predicted octanol–water partition coefficient (Wildman–Crippen LogP) is 11.8. The Morgan fingerprint density at radius 2 is 0.879 bits per heavy atom. The Bertz CT molecular complexity index is 2560. The molecule has 0 unspecified atom stereocenters. The summed E-state index contributed by atoms with van der Waals surface area (Å²) in [5.74, 6) is 4.66. The number of nitrogens with zero attached hydrogens (tertiary/aromatic N) is 4. The summed E-state index contributed by atoms with van der Waals surface area (Å²) in [5.41, 5.74) is 13.8. The number of hydrogen-bond acceptors (Lipinski definition) is 6. The molecule has 0 aliphatic carbocycles. The van der Waals surface area contributed by atoms with Gasteiger partial charge < -0.3 is 19.4 Å². The Kier molecular flexibility index (Phi) is 17.2. The number of pyridine rings is 2. The van der Waals surface area contributed by atoms with Gasteiger partial charge in [-0.15, -0.1) is 58.7 Å². The molecule has 9 heteroatoms. The maximum absolute atomic E-state index is 7.11. The SMILES string of the molecule is CC(C)Cc1ccc(-c2ccccn2)[c-]c1Oc1[c-]c2c(cc1CC(C)C)-c1cc(CC(C)C)c(Oc3[c-]c(-c4ccccn4)ccc3CC(C)C)[c-]c1B2c1ncc(C(C)C)cn1.[Pd+2].[Pt+2]. The summed E-state index contributed by atoms with van der Waals surface area (Å²) in [4.78, 5) is 19.4. The van der Waals surface area contributed by atoms with Crippen LogP contribution in [0, 0.1) is 47.9 Å². The van der Waals surface area contributed by atoms with E-state index in [1.165, 1.54) is 0 Å². The molecule has 66 heavy (non-hydrogen) atoms. The van der Waals surface area contributed by atoms with Gasteiger partial charge in [0.1, 0.15) is 0 Å². The van der Waals surface area contributed by atoms with Gasteiger partial charge in [0.15, 0.2) is 0 Å². The molecule has 0 saturated heterocycles. The van der Waals surface area contributed by atoms with Crippen LogP contribution in [-0.2, 0) is 67.2 Å². The second kappa shape index (κ2) is 22.4. The van der Waals surface area contributed by atoms with E-state index in [4.69, 9.17) is 19.4 Å². The van der Waals surface area contributed by atoms with Gasteiger partial charge in [-0.2, -0.15) is 34.2 Å². The molecule has 6 nitrogen and oxygen atoms in total. The predicted molar refractivity (Wildman–Crippen MR) is 262 cm³/mol. The monoisotopic (exact) mass is 1140 g/mol. The van der Waals surface area contributed by atoms with E-state index in [9.17, 15) is 0 Å². The molecular weight excluding hydrogens is 1080 g/mol. The topological polar surface area (TPSA) is 70.0 Å². The van der Waals surface area contributed by atoms with Crippen molar-refractivity contribution in [3.63, 3.8) is 0 Å². The van der Waals surface area contributed by atoms with Crippen molar-refractivity contribution in [2.24, 2.45) is 23.7 Å². The van der Waals surface area contributed by atoms with E-state index in [0.717, 1.165) is 98.1 Å². The van der Waals surface area contributed by atoms with E-state index >= 15 is 0 Å². The second-order valence-corrected chi connectivity index (χ2v) is 19.3. The Balaban J connectivity index is 0.00000360. The summed E-state index contributed by atoms with van der Waals surface area (Å²) in [6.45, 7) is 21.9. The Labute approximate surface area is 422 Å². The summed E-state index contributed by atoms with van der Waals surface area (Å²) >= 11 is 0. The van der Waals surface area contributed by atoms with Crippen molar-refractivity contribution in [1.29, 1.82) is 0 Å². The van der Waals surface area contributed by atoms with Crippen LogP contribution in [0.15, 0.2) is 97.6 Å². The van der Waals surface area contributed by atoms with Crippen molar-refractivity contribution in [1.82, 2.24) is 19.9 Å². The van der Waals surface area contributed by atoms with Crippen LogP contribution in [0.4, 0.5) is 0 Å². The summed E-state index contributed by atoms with van der Waals surface area (Å²) < 4.78 is 14.2. The van der Waals surface area contributed by atoms with Gasteiger partial charge >= 0.3 is 41.5 Å². The second-order valence-electron chi connectivity index (χ2n) is 19.3. The van der Waals surface area contributed by atoms with Crippen molar-refractivity contribution in [2.75, 3.05) is 0 Å². The number of fused-ring (bicyclic) bond motifs is 3. The van der Waals surface area contributed by atoms with Gasteiger partial charge in [-0.3, -0.25) is 9.97 Å². The molecule has 0 spiro atoms. The normalized spacial score (nSPS) is 11.8. The third kappa shape index (κ3) is 11.7. The molecule has 1 aliphatic heterocycles. The molecule has 0 amide bonds. The molecule has 4 aromatic carbocycles. The molecule has 1 aliphatic rings. The molecule has 3 aromatic heterocycles. The molecule has 0 saturated carbocycles. The van der Waals surface area contributed by atoms with Crippen molar-refractivity contribution in [3.8, 4) is 56.6 Å². The fourth-order valence-electron chi connectivity index (χ4n) is 8.58. The third-order valence-electron chi connectivity index (χ3n) is 11.6. The molecule has 0 fully saturated rings. The molecule has 0 bridgehead atoms. The Morgan fingerprint density at radius 3 is 1.24 bits per heavy atom. The van der Waals surface area contributed by atoms with Gasteiger partial charge in [0.25, 0.3) is 0 Å². The van der Waals surface area contributed by atoms with Gasteiger partial charge in [0, 0.05) is 47.8 Å². The maximum atomic E-state index is 7.11. The molecule has 0 N–H and O–H groups in total. The minimum absolute atomic E-state index is 0. The summed E-state index contributed by atoms with van der Waals surface area (Å²) in [5, 5.41) is 0. The van der Waals surface area contributed by atoms with Crippen LogP contribution in [0.3, 0.4) is 0 Å². The van der Waals surface area contributed by atoms with E-state index in [0.29, 0.717) is 58.3 Å². The minimum atomic E-state index is -0.366. The largest absolute Gasteiger partial charge is 2.00 e. The third-order valence-corrected chi connectivity index (χ3v) is 11.6. The van der Waals surface area contributed by atoms with E-state index in [1.54, 1.807) is 0 Å². The first-order chi connectivity index (χ1) is 30.8. The van der Waals surface area contributed by atoms with Gasteiger partial charge in [-0.1, -0.05) is 166 Å². The van der Waals surface area contributed by atoms with Crippen LogP contribution < -0.4 is 26.1 Å². The van der Waals surface area contributed by atoms with Crippen molar-refractivity contribution in [2.45, 2.75) is 101 Å². The van der Waals surface area contributed by atoms with Gasteiger partial charge in [-0.05, 0) is 35.0 Å². The molecule has 0 atom stereocenters. The van der Waals surface area contributed by atoms with Crippen molar-refractivity contribution >= 4 is 23.4 Å². The molecule has 4 heterocycles. The zero-order valence-electron chi connectivity index (χ0n) is 39.8. The van der Waals surface area contributed by atoms with Crippen LogP contribution in [0.1, 0.15) is 103 Å². The van der Waals surface area contributed by atoms with Gasteiger partial charge in [0.05, 0.1) is 5.72 Å². The number of hydrogen-bond donors (Lipinski definition) is 0. The van der Waals surface area contributed by atoms with Crippen LogP contribution in [0.25, 0.3) is 33.6 Å². The average Bonchev–Trinajstić information content (AvgIpc) is 3.56. The van der Waals surface area contributed by atoms with E-state index in [1.807, 2.05) is 61.2 Å². The molecular formula is C57H59BN4O2PdPt. The fourth-order valence-corrected chi connectivity index (χ4v) is 8.58. The zero-order valence-corrected chi connectivity index (χ0v) is 43.6. The summed E-state index contributed by atoms with van der Waals surface area (Å²) in [6.07, 6.45) is 10.9. The van der Waals surface area contributed by atoms with Gasteiger partial charge in [0.2, 0.25) is 6.71 Å². The summed E-state index contributed by atoms with van der Waals surface area (Å²) in [6, 6.07) is 40.1. The van der Waals surface area contributed by atoms with Crippen molar-refractivity contribution in [3.05, 3.63) is 150 Å². The van der Waals surface area contributed by atoms with Crippen LogP contribution >= 0.6 is 0 Å². The standard InChI is InChI=1S/C57H59BN4O2.Pd.Pt/c1-35(2)23-42-19-17-40(51-15-11-13-21-59-51)29-53(42)63-55-31-49-47(27-44(55)25-37(5)6)48-28-45(26-38(7)8)56(32-50(48)58(49)57-61-33-46(34-62-57)39(9)10)64-54-30-41(52-16-12-14-22-60-52)18-20-43(54)24-36(3)4;;/h11-22,27-28,33-39H,23-26H2,1-10H3;;/q-4;2*+2. The molecule has 8 rings (SSSR count). The Hall–Kier alpha value is -4.72. The number of ether oxygens (including phenoxy) is 2. The molecule has 342 valence electrons. The molecule has 7 aromatic rings. The zero-order chi connectivity index (χ0) is 45.1. The van der Waals surface area contributed by atoms with E-state index in [-0.39, 0.29) is 48.2 Å². The Morgan fingerprint density at radius 1 is 0.485 bits per heavy atom. The smallest absolute Gasteiger partial charge is 0.502 e. The van der Waals surface area contributed by atoms with Gasteiger partial charge in [-0.25, -0.2) is 0 Å². The average molecular weight is 1140 g/mol. The number of rotatable bonds is 16. The quantitative estimate of drug-likeness (QED) is 0.0709. The maximum Gasteiger partial charge on any atom is 2.00 e. The first-order valence-corrected chi connectivity index (χ1v) is 23.1. The van der Waals surface area contributed by atoms with Crippen LogP contribution in [0.5, 0.6) is 23.0 Å². The first-order valence-electron chi connectivity index (χ1n) is 23.1. The van der Waals surface area contributed by atoms with Crippen LogP contribution in [0.2, 0.25) is 0 Å². The first kappa shape index (κ1) is 50.7. The van der Waals surface area contributed by atoms with E-state index < -0.39 is 0 Å². The minimum Gasteiger partial charge on any atom is -0.502 e. The summed E-state index contributed by atoms with van der Waals surface area (Å²) in [7, 11) is 0. The van der Waals surface area contributed by atoms with Crippen LogP contribution in [-0.4, -0.2) is 26.6 Å². The fraction of sp³-hybridized carbons (Fsp3) is 0.333.